The number of benzene rings is 1. The zero-order valence-electron chi connectivity index (χ0n) is 18.3. The minimum Gasteiger partial charge on any atom is -0.485 e. The first-order valence-corrected chi connectivity index (χ1v) is 11.5. The number of pyridine rings is 1. The summed E-state index contributed by atoms with van der Waals surface area (Å²) in [6.07, 6.45) is 3.47. The standard InChI is InChI=1S/C24H27FN4O2S/c1-26-10-9-21(22-4-3-13-32-22)31-18-7-5-17(6-8-18)16-29-12-11-28(2)23-19(24(29)30)14-27-15-20(23)25/h3-8,13-15,21,26H,9-12,16H2,1-2H3/t21-/m0/s1. The molecule has 1 aromatic carbocycles. The average Bonchev–Trinajstić information content (AvgIpc) is 3.30. The third kappa shape index (κ3) is 4.92. The van der Waals surface area contributed by atoms with Gasteiger partial charge in [0.05, 0.1) is 17.4 Å². The molecule has 0 spiro atoms. The molecule has 4 rings (SSSR count). The van der Waals surface area contributed by atoms with Crippen LogP contribution in [0.2, 0.25) is 0 Å². The van der Waals surface area contributed by atoms with Gasteiger partial charge in [-0.2, -0.15) is 0 Å². The summed E-state index contributed by atoms with van der Waals surface area (Å²) in [6.45, 7) is 2.36. The van der Waals surface area contributed by atoms with Crippen LogP contribution < -0.4 is 15.0 Å². The quantitative estimate of drug-likeness (QED) is 0.555. The lowest BCUT2D eigenvalue weighted by Crippen LogP contribution is -2.33. The second-order valence-corrected chi connectivity index (χ2v) is 8.80. The first-order valence-electron chi connectivity index (χ1n) is 10.6. The Morgan fingerprint density at radius 1 is 1.22 bits per heavy atom. The molecule has 1 aliphatic heterocycles. The highest BCUT2D eigenvalue weighted by molar-refractivity contribution is 7.10. The van der Waals surface area contributed by atoms with Crippen molar-refractivity contribution in [3.8, 4) is 5.75 Å². The van der Waals surface area contributed by atoms with Crippen molar-refractivity contribution in [3.05, 3.63) is 76.0 Å². The van der Waals surface area contributed by atoms with Gasteiger partial charge < -0.3 is 19.9 Å². The van der Waals surface area contributed by atoms with Crippen LogP contribution in [0.15, 0.2) is 54.2 Å². The van der Waals surface area contributed by atoms with E-state index in [0.29, 0.717) is 30.9 Å². The van der Waals surface area contributed by atoms with E-state index in [-0.39, 0.29) is 12.0 Å². The fraction of sp³-hybridized carbons (Fsp3) is 0.333. The highest BCUT2D eigenvalue weighted by Gasteiger charge is 2.27. The molecular weight excluding hydrogens is 427 g/mol. The number of fused-ring (bicyclic) bond motifs is 1. The number of anilines is 1. The summed E-state index contributed by atoms with van der Waals surface area (Å²) >= 11 is 1.69. The van der Waals surface area contributed by atoms with Crippen LogP contribution in [0.25, 0.3) is 0 Å². The number of carbonyl (C=O) groups excluding carboxylic acids is 1. The molecule has 0 bridgehead atoms. The van der Waals surface area contributed by atoms with Crippen LogP contribution in [0, 0.1) is 5.82 Å². The van der Waals surface area contributed by atoms with E-state index in [1.54, 1.807) is 28.2 Å². The Kier molecular flexibility index (Phi) is 7.02. The normalized spacial score (nSPS) is 14.8. The topological polar surface area (TPSA) is 57.7 Å². The third-order valence-electron chi connectivity index (χ3n) is 5.57. The highest BCUT2D eigenvalue weighted by atomic mass is 32.1. The zero-order chi connectivity index (χ0) is 22.5. The summed E-state index contributed by atoms with van der Waals surface area (Å²) < 4.78 is 20.5. The number of likely N-dealkylation sites (N-methyl/N-ethyl adjacent to an activating group) is 1. The highest BCUT2D eigenvalue weighted by Crippen LogP contribution is 2.29. The fourth-order valence-electron chi connectivity index (χ4n) is 3.85. The first-order chi connectivity index (χ1) is 15.6. The number of nitrogens with zero attached hydrogens (tertiary/aromatic N) is 3. The molecule has 1 N–H and O–H groups in total. The van der Waals surface area contributed by atoms with Gasteiger partial charge >= 0.3 is 0 Å². The lowest BCUT2D eigenvalue weighted by molar-refractivity contribution is 0.0754. The second-order valence-electron chi connectivity index (χ2n) is 7.82. The molecular formula is C24H27FN4O2S. The van der Waals surface area contributed by atoms with Crippen LogP contribution >= 0.6 is 11.3 Å². The lowest BCUT2D eigenvalue weighted by atomic mass is 10.1. The lowest BCUT2D eigenvalue weighted by Gasteiger charge is -2.22. The number of carbonyl (C=O) groups is 1. The molecule has 3 aromatic rings. The van der Waals surface area contributed by atoms with Gasteiger partial charge in [0.25, 0.3) is 5.91 Å². The van der Waals surface area contributed by atoms with Crippen molar-refractivity contribution in [1.82, 2.24) is 15.2 Å². The minimum atomic E-state index is -0.472. The molecule has 32 heavy (non-hydrogen) atoms. The molecule has 6 nitrogen and oxygen atoms in total. The second kappa shape index (κ2) is 10.1. The van der Waals surface area contributed by atoms with Crippen molar-refractivity contribution in [2.75, 3.05) is 38.6 Å². The van der Waals surface area contributed by atoms with Gasteiger partial charge in [0.2, 0.25) is 0 Å². The average molecular weight is 455 g/mol. The predicted octanol–water partition coefficient (Wildman–Crippen LogP) is 4.10. The number of thiophene rings is 1. The predicted molar refractivity (Wildman–Crippen MR) is 125 cm³/mol. The molecule has 2 aromatic heterocycles. The van der Waals surface area contributed by atoms with Crippen LogP contribution in [0.1, 0.15) is 33.3 Å². The number of rotatable bonds is 8. The van der Waals surface area contributed by atoms with E-state index in [1.165, 1.54) is 11.1 Å². The van der Waals surface area contributed by atoms with Crippen molar-refractivity contribution in [2.24, 2.45) is 0 Å². The molecule has 0 saturated heterocycles. The van der Waals surface area contributed by atoms with Crippen LogP contribution in [0.5, 0.6) is 5.75 Å². The fourth-order valence-corrected chi connectivity index (χ4v) is 4.63. The maximum atomic E-state index is 14.3. The van der Waals surface area contributed by atoms with Gasteiger partial charge in [-0.1, -0.05) is 18.2 Å². The Morgan fingerprint density at radius 3 is 2.75 bits per heavy atom. The maximum Gasteiger partial charge on any atom is 0.258 e. The molecule has 0 aliphatic carbocycles. The van der Waals surface area contributed by atoms with Crippen molar-refractivity contribution < 1.29 is 13.9 Å². The smallest absolute Gasteiger partial charge is 0.258 e. The van der Waals surface area contributed by atoms with Gasteiger partial charge in [0, 0.05) is 44.2 Å². The van der Waals surface area contributed by atoms with E-state index >= 15 is 0 Å². The van der Waals surface area contributed by atoms with Gasteiger partial charge in [-0.05, 0) is 42.7 Å². The van der Waals surface area contributed by atoms with Crippen LogP contribution in [-0.4, -0.2) is 49.5 Å². The molecule has 1 aliphatic rings. The third-order valence-corrected chi connectivity index (χ3v) is 6.53. The van der Waals surface area contributed by atoms with Gasteiger partial charge in [-0.3, -0.25) is 9.78 Å². The van der Waals surface area contributed by atoms with E-state index in [2.05, 4.69) is 21.7 Å². The molecule has 1 atom stereocenters. The van der Waals surface area contributed by atoms with Gasteiger partial charge in [-0.25, -0.2) is 4.39 Å². The summed E-state index contributed by atoms with van der Waals surface area (Å²) in [7, 11) is 3.73. The van der Waals surface area contributed by atoms with E-state index in [4.69, 9.17) is 4.74 Å². The monoisotopic (exact) mass is 454 g/mol. The Balaban J connectivity index is 1.46. The SMILES string of the molecule is CNCC[C@H](Oc1ccc(CN2CCN(C)c3c(F)cncc3C2=O)cc1)c1cccs1. The Labute approximate surface area is 191 Å². The first kappa shape index (κ1) is 22.2. The number of halogens is 1. The molecule has 1 amide bonds. The van der Waals surface area contributed by atoms with Crippen LogP contribution in [0.4, 0.5) is 10.1 Å². The number of nitrogens with one attached hydrogen (secondary N) is 1. The molecule has 0 radical (unpaired) electrons. The van der Waals surface area contributed by atoms with E-state index < -0.39 is 5.82 Å². The van der Waals surface area contributed by atoms with Crippen molar-refractivity contribution in [3.63, 3.8) is 0 Å². The summed E-state index contributed by atoms with van der Waals surface area (Å²) in [6, 6.07) is 12.0. The Morgan fingerprint density at radius 2 is 2.03 bits per heavy atom. The van der Waals surface area contributed by atoms with E-state index in [0.717, 1.165) is 30.5 Å². The zero-order valence-corrected chi connectivity index (χ0v) is 19.1. The van der Waals surface area contributed by atoms with E-state index in [1.807, 2.05) is 37.4 Å². The number of amides is 1. The number of hydrogen-bond acceptors (Lipinski definition) is 6. The molecule has 168 valence electrons. The van der Waals surface area contributed by atoms with Gasteiger partial charge in [-0.15, -0.1) is 11.3 Å². The van der Waals surface area contributed by atoms with Crippen LogP contribution in [-0.2, 0) is 6.54 Å². The summed E-state index contributed by atoms with van der Waals surface area (Å²) in [4.78, 5) is 21.6. The molecule has 3 heterocycles. The molecule has 0 unspecified atom stereocenters. The largest absolute Gasteiger partial charge is 0.485 e. The summed E-state index contributed by atoms with van der Waals surface area (Å²) in [5.74, 6) is 0.114. The Hall–Kier alpha value is -2.97. The molecule has 0 saturated carbocycles. The van der Waals surface area contributed by atoms with Crippen LogP contribution in [0.3, 0.4) is 0 Å². The van der Waals surface area contributed by atoms with Crippen molar-refractivity contribution >= 4 is 22.9 Å². The Bertz CT molecular complexity index is 1040. The van der Waals surface area contributed by atoms with Gasteiger partial charge in [0.1, 0.15) is 11.9 Å². The molecule has 0 fully saturated rings. The maximum absolute atomic E-state index is 14.3. The summed E-state index contributed by atoms with van der Waals surface area (Å²) in [5, 5.41) is 5.24. The molecule has 8 heteroatoms. The summed E-state index contributed by atoms with van der Waals surface area (Å²) in [5.41, 5.74) is 1.61. The van der Waals surface area contributed by atoms with Crippen molar-refractivity contribution in [1.29, 1.82) is 0 Å². The number of hydrogen-bond donors (Lipinski definition) is 1. The number of ether oxygens (including phenoxy) is 1. The van der Waals surface area contributed by atoms with E-state index in [9.17, 15) is 9.18 Å². The number of aromatic nitrogens is 1. The van der Waals surface area contributed by atoms with Crippen molar-refractivity contribution in [2.45, 2.75) is 19.1 Å². The minimum absolute atomic E-state index is 0.00470. The van der Waals surface area contributed by atoms with Gasteiger partial charge in [0.15, 0.2) is 5.82 Å².